The second-order valence-corrected chi connectivity index (χ2v) is 4.68. The zero-order chi connectivity index (χ0) is 12.3. The van der Waals surface area contributed by atoms with Crippen LogP contribution in [0, 0.1) is 5.92 Å². The SMILES string of the molecule is COCC(C)n1cncc1C(N)C1CCOC1. The van der Waals surface area contributed by atoms with Crippen LogP contribution >= 0.6 is 0 Å². The van der Waals surface area contributed by atoms with Gasteiger partial charge in [0.05, 0.1) is 37.3 Å². The maximum Gasteiger partial charge on any atom is 0.0952 e. The van der Waals surface area contributed by atoms with Crippen molar-refractivity contribution >= 4 is 0 Å². The highest BCUT2D eigenvalue weighted by Crippen LogP contribution is 2.27. The van der Waals surface area contributed by atoms with E-state index in [9.17, 15) is 0 Å². The van der Waals surface area contributed by atoms with Gasteiger partial charge in [-0.3, -0.25) is 0 Å². The summed E-state index contributed by atoms with van der Waals surface area (Å²) < 4.78 is 12.7. The van der Waals surface area contributed by atoms with Gasteiger partial charge in [-0.05, 0) is 13.3 Å². The van der Waals surface area contributed by atoms with Gasteiger partial charge in [0.2, 0.25) is 0 Å². The van der Waals surface area contributed by atoms with Crippen molar-refractivity contribution in [3.05, 3.63) is 18.2 Å². The van der Waals surface area contributed by atoms with Crippen molar-refractivity contribution in [1.82, 2.24) is 9.55 Å². The van der Waals surface area contributed by atoms with Gasteiger partial charge in [0.15, 0.2) is 0 Å². The van der Waals surface area contributed by atoms with E-state index in [0.717, 1.165) is 25.3 Å². The summed E-state index contributed by atoms with van der Waals surface area (Å²) in [7, 11) is 1.71. The van der Waals surface area contributed by atoms with Crippen molar-refractivity contribution in [3.63, 3.8) is 0 Å². The van der Waals surface area contributed by atoms with E-state index in [1.807, 2.05) is 12.5 Å². The molecule has 17 heavy (non-hydrogen) atoms. The van der Waals surface area contributed by atoms with Crippen LogP contribution in [0.5, 0.6) is 0 Å². The molecule has 1 saturated heterocycles. The Morgan fingerprint density at radius 2 is 2.53 bits per heavy atom. The van der Waals surface area contributed by atoms with Crippen LogP contribution in [0.1, 0.15) is 31.1 Å². The first-order valence-electron chi connectivity index (χ1n) is 6.08. The highest BCUT2D eigenvalue weighted by molar-refractivity contribution is 5.08. The number of nitrogens with zero attached hydrogens (tertiary/aromatic N) is 2. The van der Waals surface area contributed by atoms with Gasteiger partial charge in [-0.2, -0.15) is 0 Å². The Morgan fingerprint density at radius 3 is 3.18 bits per heavy atom. The number of aromatic nitrogens is 2. The minimum atomic E-state index is -0.000642. The Morgan fingerprint density at radius 1 is 1.71 bits per heavy atom. The standard InChI is InChI=1S/C12H21N3O2/c1-9(6-16-2)15-8-14-5-11(15)12(13)10-3-4-17-7-10/h5,8-10,12H,3-4,6-7,13H2,1-2H3. The molecule has 2 N–H and O–H groups in total. The van der Waals surface area contributed by atoms with Crippen molar-refractivity contribution in [2.24, 2.45) is 11.7 Å². The van der Waals surface area contributed by atoms with Gasteiger partial charge >= 0.3 is 0 Å². The average Bonchev–Trinajstić information content (AvgIpc) is 3.00. The number of hydrogen-bond acceptors (Lipinski definition) is 4. The van der Waals surface area contributed by atoms with Gasteiger partial charge in [0.1, 0.15) is 0 Å². The summed E-state index contributed by atoms with van der Waals surface area (Å²) in [6.07, 6.45) is 4.72. The van der Waals surface area contributed by atoms with Crippen LogP contribution in [0.4, 0.5) is 0 Å². The lowest BCUT2D eigenvalue weighted by molar-refractivity contribution is 0.158. The first-order valence-corrected chi connectivity index (χ1v) is 6.08. The van der Waals surface area contributed by atoms with Crippen molar-refractivity contribution in [2.45, 2.75) is 25.4 Å². The summed E-state index contributed by atoms with van der Waals surface area (Å²) in [6.45, 7) is 4.34. The molecule has 0 radical (unpaired) electrons. The van der Waals surface area contributed by atoms with Crippen LogP contribution in [-0.2, 0) is 9.47 Å². The molecule has 1 aliphatic heterocycles. The number of methoxy groups -OCH3 is 1. The van der Waals surface area contributed by atoms with Crippen LogP contribution in [0.3, 0.4) is 0 Å². The molecule has 0 saturated carbocycles. The van der Waals surface area contributed by atoms with Gasteiger partial charge < -0.3 is 19.8 Å². The molecule has 1 aromatic heterocycles. The lowest BCUT2D eigenvalue weighted by Crippen LogP contribution is -2.26. The molecule has 2 rings (SSSR count). The molecule has 1 aliphatic rings. The monoisotopic (exact) mass is 239 g/mol. The number of hydrogen-bond donors (Lipinski definition) is 1. The third-order valence-electron chi connectivity index (χ3n) is 3.39. The van der Waals surface area contributed by atoms with E-state index in [0.29, 0.717) is 12.5 Å². The summed E-state index contributed by atoms with van der Waals surface area (Å²) in [5, 5.41) is 0. The van der Waals surface area contributed by atoms with E-state index >= 15 is 0 Å². The van der Waals surface area contributed by atoms with E-state index in [-0.39, 0.29) is 12.1 Å². The number of rotatable bonds is 5. The van der Waals surface area contributed by atoms with Crippen LogP contribution in [0.15, 0.2) is 12.5 Å². The molecule has 5 heteroatoms. The van der Waals surface area contributed by atoms with Crippen LogP contribution in [0.25, 0.3) is 0 Å². The molecule has 3 unspecified atom stereocenters. The topological polar surface area (TPSA) is 62.3 Å². The van der Waals surface area contributed by atoms with Crippen LogP contribution in [0.2, 0.25) is 0 Å². The second kappa shape index (κ2) is 5.62. The minimum Gasteiger partial charge on any atom is -0.383 e. The number of nitrogens with two attached hydrogens (primary N) is 1. The normalized spacial score (nSPS) is 23.8. The Hall–Kier alpha value is -0.910. The summed E-state index contributed by atoms with van der Waals surface area (Å²) >= 11 is 0. The third-order valence-corrected chi connectivity index (χ3v) is 3.39. The van der Waals surface area contributed by atoms with Crippen molar-refractivity contribution < 1.29 is 9.47 Å². The van der Waals surface area contributed by atoms with E-state index in [2.05, 4.69) is 16.5 Å². The van der Waals surface area contributed by atoms with Gasteiger partial charge in [0, 0.05) is 25.8 Å². The summed E-state index contributed by atoms with van der Waals surface area (Å²) in [6, 6.07) is 0.255. The van der Waals surface area contributed by atoms with Crippen LogP contribution < -0.4 is 5.73 Å². The molecule has 96 valence electrons. The Balaban J connectivity index is 2.11. The molecule has 0 spiro atoms. The summed E-state index contributed by atoms with van der Waals surface area (Å²) in [5.74, 6) is 0.403. The minimum absolute atomic E-state index is 0.000642. The van der Waals surface area contributed by atoms with Gasteiger partial charge in [-0.1, -0.05) is 0 Å². The lowest BCUT2D eigenvalue weighted by atomic mass is 9.97. The quantitative estimate of drug-likeness (QED) is 0.836. The average molecular weight is 239 g/mol. The van der Waals surface area contributed by atoms with Gasteiger partial charge in [0.25, 0.3) is 0 Å². The largest absolute Gasteiger partial charge is 0.383 e. The van der Waals surface area contributed by atoms with E-state index in [1.165, 1.54) is 0 Å². The van der Waals surface area contributed by atoms with E-state index < -0.39 is 0 Å². The molecular weight excluding hydrogens is 218 g/mol. The molecular formula is C12H21N3O2. The Labute approximate surface area is 102 Å². The Kier molecular flexibility index (Phi) is 4.15. The second-order valence-electron chi connectivity index (χ2n) is 4.68. The first-order chi connectivity index (χ1) is 8.24. The zero-order valence-corrected chi connectivity index (χ0v) is 10.5. The highest BCUT2D eigenvalue weighted by atomic mass is 16.5. The molecule has 2 heterocycles. The fourth-order valence-corrected chi connectivity index (χ4v) is 2.34. The summed E-state index contributed by atoms with van der Waals surface area (Å²) in [5.41, 5.74) is 7.37. The number of imidazole rings is 1. The molecule has 5 nitrogen and oxygen atoms in total. The first kappa shape index (κ1) is 12.5. The molecule has 1 aromatic rings. The van der Waals surface area contributed by atoms with Crippen molar-refractivity contribution in [2.75, 3.05) is 26.9 Å². The van der Waals surface area contributed by atoms with Crippen molar-refractivity contribution in [1.29, 1.82) is 0 Å². The summed E-state index contributed by atoms with van der Waals surface area (Å²) in [4.78, 5) is 4.20. The lowest BCUT2D eigenvalue weighted by Gasteiger charge is -2.22. The third kappa shape index (κ3) is 2.68. The molecule has 0 aromatic carbocycles. The number of ether oxygens (including phenoxy) is 2. The van der Waals surface area contributed by atoms with E-state index in [4.69, 9.17) is 15.2 Å². The highest BCUT2D eigenvalue weighted by Gasteiger charge is 2.27. The maximum absolute atomic E-state index is 6.30. The molecule has 3 atom stereocenters. The predicted molar refractivity (Wildman–Crippen MR) is 64.7 cm³/mol. The Bertz CT molecular complexity index is 347. The molecule has 0 aliphatic carbocycles. The van der Waals surface area contributed by atoms with Crippen LogP contribution in [-0.4, -0.2) is 36.5 Å². The van der Waals surface area contributed by atoms with Gasteiger partial charge in [-0.15, -0.1) is 0 Å². The predicted octanol–water partition coefficient (Wildman–Crippen LogP) is 1.13. The smallest absolute Gasteiger partial charge is 0.0952 e. The fourth-order valence-electron chi connectivity index (χ4n) is 2.34. The van der Waals surface area contributed by atoms with Gasteiger partial charge in [-0.25, -0.2) is 4.98 Å². The van der Waals surface area contributed by atoms with Crippen molar-refractivity contribution in [3.8, 4) is 0 Å². The molecule has 0 amide bonds. The fraction of sp³-hybridized carbons (Fsp3) is 0.750. The molecule has 1 fully saturated rings. The zero-order valence-electron chi connectivity index (χ0n) is 10.5. The maximum atomic E-state index is 6.30. The molecule has 0 bridgehead atoms. The van der Waals surface area contributed by atoms with E-state index in [1.54, 1.807) is 7.11 Å².